The van der Waals surface area contributed by atoms with E-state index in [9.17, 15) is 0 Å². The van der Waals surface area contributed by atoms with Crippen LogP contribution < -0.4 is 4.90 Å². The van der Waals surface area contributed by atoms with E-state index in [1.165, 1.54) is 43.8 Å². The average molecular weight is 740 g/mol. The minimum absolute atomic E-state index is 0.887. The van der Waals surface area contributed by atoms with E-state index in [1.807, 2.05) is 12.1 Å². The lowest BCUT2D eigenvalue weighted by Crippen LogP contribution is -2.12. The number of nitrogens with zero attached hydrogens (tertiary/aromatic N) is 1. The van der Waals surface area contributed by atoms with Gasteiger partial charge in [-0.2, -0.15) is 0 Å². The van der Waals surface area contributed by atoms with Crippen molar-refractivity contribution in [2.45, 2.75) is 0 Å². The van der Waals surface area contributed by atoms with Crippen molar-refractivity contribution in [3.05, 3.63) is 224 Å². The van der Waals surface area contributed by atoms with E-state index in [1.54, 1.807) is 0 Å². The zero-order valence-corrected chi connectivity index (χ0v) is 31.7. The highest BCUT2D eigenvalue weighted by molar-refractivity contribution is 6.10. The van der Waals surface area contributed by atoms with Gasteiger partial charge in [-0.25, -0.2) is 0 Å². The second-order valence-corrected chi connectivity index (χ2v) is 14.8. The van der Waals surface area contributed by atoms with Crippen molar-refractivity contribution in [2.24, 2.45) is 0 Å². The van der Waals surface area contributed by atoms with Crippen LogP contribution in [0.25, 0.3) is 88.0 Å². The summed E-state index contributed by atoms with van der Waals surface area (Å²) in [7, 11) is 0. The number of anilines is 3. The molecule has 0 atom stereocenters. The standard InChI is InChI=1S/C56H37NO/c1-2-16-39(17-3-1)47-29-14-20-40-21-15-30-50(56(40)47)48-26-7-10-32-53(48)57(43-23-12-22-41(36-43)45-28-13-19-38-18-4-5-24-44(38)45)52-31-9-6-25-46(52)42-34-35-55-51(37-42)49-27-8-11-33-54(49)58-55/h1-37H. The number of rotatable bonds is 7. The highest BCUT2D eigenvalue weighted by atomic mass is 16.3. The van der Waals surface area contributed by atoms with E-state index < -0.39 is 0 Å². The zero-order valence-electron chi connectivity index (χ0n) is 31.7. The maximum Gasteiger partial charge on any atom is 0.135 e. The second kappa shape index (κ2) is 14.1. The molecular weight excluding hydrogens is 703 g/mol. The van der Waals surface area contributed by atoms with Crippen molar-refractivity contribution in [3.63, 3.8) is 0 Å². The maximum absolute atomic E-state index is 6.28. The molecule has 58 heavy (non-hydrogen) atoms. The highest BCUT2D eigenvalue weighted by Gasteiger charge is 2.23. The third kappa shape index (κ3) is 5.74. The first-order valence-electron chi connectivity index (χ1n) is 19.8. The summed E-state index contributed by atoms with van der Waals surface area (Å²) in [5.74, 6) is 0. The minimum Gasteiger partial charge on any atom is -0.456 e. The molecule has 0 saturated carbocycles. The van der Waals surface area contributed by atoms with Gasteiger partial charge in [0, 0.05) is 27.6 Å². The summed E-state index contributed by atoms with van der Waals surface area (Å²) in [5.41, 5.74) is 14.4. The van der Waals surface area contributed by atoms with Gasteiger partial charge in [-0.1, -0.05) is 182 Å². The van der Waals surface area contributed by atoms with Crippen LogP contribution >= 0.6 is 0 Å². The molecule has 0 aliphatic rings. The molecule has 2 nitrogen and oxygen atoms in total. The normalized spacial score (nSPS) is 11.4. The third-order valence-corrected chi connectivity index (χ3v) is 11.5. The lowest BCUT2D eigenvalue weighted by molar-refractivity contribution is 0.669. The van der Waals surface area contributed by atoms with Crippen LogP contribution in [0.4, 0.5) is 17.1 Å². The Kier molecular flexibility index (Phi) is 8.19. The molecule has 0 fully saturated rings. The van der Waals surface area contributed by atoms with Crippen molar-refractivity contribution in [1.82, 2.24) is 0 Å². The van der Waals surface area contributed by atoms with Crippen LogP contribution in [0.5, 0.6) is 0 Å². The lowest BCUT2D eigenvalue weighted by Gasteiger charge is -2.30. The number of furan rings is 1. The number of hydrogen-bond donors (Lipinski definition) is 0. The Balaban J connectivity index is 1.17. The molecule has 0 amide bonds. The van der Waals surface area contributed by atoms with Gasteiger partial charge in [-0.15, -0.1) is 0 Å². The van der Waals surface area contributed by atoms with Crippen LogP contribution in [-0.4, -0.2) is 0 Å². The molecular formula is C56H37NO. The van der Waals surface area contributed by atoms with Crippen LogP contribution in [0.15, 0.2) is 229 Å². The predicted octanol–water partition coefficient (Wildman–Crippen LogP) is 16.0. The van der Waals surface area contributed by atoms with Gasteiger partial charge in [-0.3, -0.25) is 0 Å². The molecule has 10 aromatic carbocycles. The lowest BCUT2D eigenvalue weighted by atomic mass is 9.90. The molecule has 11 aromatic rings. The first-order chi connectivity index (χ1) is 28.8. The quantitative estimate of drug-likeness (QED) is 0.162. The topological polar surface area (TPSA) is 16.4 Å². The van der Waals surface area contributed by atoms with Gasteiger partial charge in [0.1, 0.15) is 11.2 Å². The fraction of sp³-hybridized carbons (Fsp3) is 0. The molecule has 0 radical (unpaired) electrons. The number of fused-ring (bicyclic) bond motifs is 5. The van der Waals surface area contributed by atoms with Crippen LogP contribution in [0.3, 0.4) is 0 Å². The Hall–Kier alpha value is -7.68. The summed E-state index contributed by atoms with van der Waals surface area (Å²) in [6.45, 7) is 0. The molecule has 0 aliphatic carbocycles. The summed E-state index contributed by atoms with van der Waals surface area (Å²) in [5, 5.41) is 7.13. The molecule has 0 unspecified atom stereocenters. The van der Waals surface area contributed by atoms with Crippen LogP contribution in [0.1, 0.15) is 0 Å². The molecule has 1 heterocycles. The van der Waals surface area contributed by atoms with E-state index in [0.29, 0.717) is 0 Å². The first kappa shape index (κ1) is 33.6. The van der Waals surface area contributed by atoms with Crippen molar-refractivity contribution in [1.29, 1.82) is 0 Å². The van der Waals surface area contributed by atoms with Crippen molar-refractivity contribution >= 4 is 60.5 Å². The average Bonchev–Trinajstić information content (AvgIpc) is 3.67. The molecule has 1 aromatic heterocycles. The van der Waals surface area contributed by atoms with Crippen molar-refractivity contribution in [3.8, 4) is 44.5 Å². The molecule has 0 N–H and O–H groups in total. The Bertz CT molecular complexity index is 3290. The Morgan fingerprint density at radius 2 is 0.845 bits per heavy atom. The number of para-hydroxylation sites is 3. The Labute approximate surface area is 337 Å². The Morgan fingerprint density at radius 3 is 1.69 bits per heavy atom. The summed E-state index contributed by atoms with van der Waals surface area (Å²) in [6.07, 6.45) is 0. The number of benzene rings is 10. The summed E-state index contributed by atoms with van der Waals surface area (Å²) < 4.78 is 6.28. The van der Waals surface area contributed by atoms with E-state index in [0.717, 1.165) is 61.3 Å². The molecule has 0 aliphatic heterocycles. The van der Waals surface area contributed by atoms with Gasteiger partial charge >= 0.3 is 0 Å². The van der Waals surface area contributed by atoms with E-state index >= 15 is 0 Å². The second-order valence-electron chi connectivity index (χ2n) is 14.8. The highest BCUT2D eigenvalue weighted by Crippen LogP contribution is 2.48. The first-order valence-corrected chi connectivity index (χ1v) is 19.8. The molecule has 0 spiro atoms. The van der Waals surface area contributed by atoms with Gasteiger partial charge in [0.2, 0.25) is 0 Å². The van der Waals surface area contributed by atoms with Crippen molar-refractivity contribution in [2.75, 3.05) is 4.90 Å². The maximum atomic E-state index is 6.28. The minimum atomic E-state index is 0.887. The van der Waals surface area contributed by atoms with Gasteiger partial charge in [0.15, 0.2) is 0 Å². The van der Waals surface area contributed by atoms with Crippen LogP contribution in [0.2, 0.25) is 0 Å². The SMILES string of the molecule is c1ccc(-c2cccc3cccc(-c4ccccc4N(c4cccc(-c5cccc6ccccc56)c4)c4ccccc4-c4ccc5oc6ccccc6c5c4)c23)cc1. The van der Waals surface area contributed by atoms with Crippen LogP contribution in [-0.2, 0) is 0 Å². The zero-order chi connectivity index (χ0) is 38.4. The predicted molar refractivity (Wildman–Crippen MR) is 245 cm³/mol. The fourth-order valence-corrected chi connectivity index (χ4v) is 8.82. The van der Waals surface area contributed by atoms with E-state index in [-0.39, 0.29) is 0 Å². The molecule has 0 bridgehead atoms. The fourth-order valence-electron chi connectivity index (χ4n) is 8.82. The van der Waals surface area contributed by atoms with Gasteiger partial charge in [-0.05, 0) is 97.4 Å². The van der Waals surface area contributed by atoms with E-state index in [2.05, 4.69) is 217 Å². The molecule has 11 rings (SSSR count). The summed E-state index contributed by atoms with van der Waals surface area (Å²) in [6, 6.07) is 80.9. The van der Waals surface area contributed by atoms with Gasteiger partial charge < -0.3 is 9.32 Å². The largest absolute Gasteiger partial charge is 0.456 e. The summed E-state index contributed by atoms with van der Waals surface area (Å²) >= 11 is 0. The monoisotopic (exact) mass is 739 g/mol. The van der Waals surface area contributed by atoms with E-state index in [4.69, 9.17) is 4.42 Å². The molecule has 2 heteroatoms. The number of hydrogen-bond acceptors (Lipinski definition) is 2. The third-order valence-electron chi connectivity index (χ3n) is 11.5. The van der Waals surface area contributed by atoms with Gasteiger partial charge in [0.25, 0.3) is 0 Å². The van der Waals surface area contributed by atoms with Gasteiger partial charge in [0.05, 0.1) is 11.4 Å². The molecule has 0 saturated heterocycles. The smallest absolute Gasteiger partial charge is 0.135 e. The van der Waals surface area contributed by atoms with Crippen LogP contribution in [0, 0.1) is 0 Å². The Morgan fingerprint density at radius 1 is 0.293 bits per heavy atom. The molecule has 272 valence electrons. The van der Waals surface area contributed by atoms with Crippen molar-refractivity contribution < 1.29 is 4.42 Å². The summed E-state index contributed by atoms with van der Waals surface area (Å²) in [4.78, 5) is 2.46.